The highest BCUT2D eigenvalue weighted by Crippen LogP contribution is 2.40. The van der Waals surface area contributed by atoms with Crippen LogP contribution >= 0.6 is 0 Å². The molecule has 2 aromatic rings. The standard InChI is InChI=1S/C21H21NO3/c1-4-18(23)16-10-11-19-17(12-16)22(13-14(2)3)21(24)20(25-19)15-8-6-5-7-9-15/h5-12,20H,2,4,13H2,1,3H3. The first kappa shape index (κ1) is 17.0. The molecule has 2 aromatic carbocycles. The van der Waals surface area contributed by atoms with Crippen molar-refractivity contribution in [3.63, 3.8) is 0 Å². The number of hydrogen-bond donors (Lipinski definition) is 0. The molecule has 0 N–H and O–H groups in total. The van der Waals surface area contributed by atoms with Gasteiger partial charge in [0.1, 0.15) is 5.75 Å². The van der Waals surface area contributed by atoms with Crippen LogP contribution in [0.3, 0.4) is 0 Å². The molecule has 128 valence electrons. The minimum absolute atomic E-state index is 0.0377. The van der Waals surface area contributed by atoms with Crippen LogP contribution in [0.5, 0.6) is 5.75 Å². The molecule has 0 saturated carbocycles. The zero-order valence-electron chi connectivity index (χ0n) is 14.5. The first-order valence-corrected chi connectivity index (χ1v) is 8.36. The van der Waals surface area contributed by atoms with Crippen molar-refractivity contribution < 1.29 is 14.3 Å². The third kappa shape index (κ3) is 3.33. The Bertz CT molecular complexity index is 826. The van der Waals surface area contributed by atoms with Gasteiger partial charge in [-0.1, -0.05) is 49.4 Å². The number of ketones is 1. The van der Waals surface area contributed by atoms with Crippen LogP contribution in [0.15, 0.2) is 60.7 Å². The Balaban J connectivity index is 2.07. The van der Waals surface area contributed by atoms with E-state index < -0.39 is 6.10 Å². The molecule has 3 rings (SSSR count). The highest BCUT2D eigenvalue weighted by atomic mass is 16.5. The molecule has 1 aliphatic heterocycles. The molecule has 0 aliphatic carbocycles. The maximum absolute atomic E-state index is 13.0. The van der Waals surface area contributed by atoms with Crippen LogP contribution in [0.1, 0.15) is 42.3 Å². The number of ether oxygens (including phenoxy) is 1. The summed E-state index contributed by atoms with van der Waals surface area (Å²) >= 11 is 0. The van der Waals surface area contributed by atoms with Crippen LogP contribution in [0.2, 0.25) is 0 Å². The minimum atomic E-state index is -0.694. The van der Waals surface area contributed by atoms with Crippen LogP contribution in [-0.4, -0.2) is 18.2 Å². The maximum Gasteiger partial charge on any atom is 0.273 e. The summed E-state index contributed by atoms with van der Waals surface area (Å²) in [7, 11) is 0. The molecule has 0 radical (unpaired) electrons. The molecule has 0 bridgehead atoms. The molecule has 0 fully saturated rings. The van der Waals surface area contributed by atoms with Crippen molar-refractivity contribution in [1.82, 2.24) is 0 Å². The quantitative estimate of drug-likeness (QED) is 0.604. The van der Waals surface area contributed by atoms with E-state index in [1.54, 1.807) is 23.1 Å². The third-order valence-corrected chi connectivity index (χ3v) is 4.16. The van der Waals surface area contributed by atoms with Gasteiger partial charge in [-0.05, 0) is 25.1 Å². The van der Waals surface area contributed by atoms with Crippen molar-refractivity contribution >= 4 is 17.4 Å². The summed E-state index contributed by atoms with van der Waals surface area (Å²) in [5, 5.41) is 0. The number of fused-ring (bicyclic) bond motifs is 1. The highest BCUT2D eigenvalue weighted by molar-refractivity contribution is 6.03. The molecule has 1 heterocycles. The predicted molar refractivity (Wildman–Crippen MR) is 98.0 cm³/mol. The normalized spacial score (nSPS) is 16.2. The molecule has 0 spiro atoms. The lowest BCUT2D eigenvalue weighted by molar-refractivity contribution is -0.126. The first-order valence-electron chi connectivity index (χ1n) is 8.36. The number of anilines is 1. The van der Waals surface area contributed by atoms with E-state index in [-0.39, 0.29) is 11.7 Å². The van der Waals surface area contributed by atoms with Gasteiger partial charge in [-0.25, -0.2) is 0 Å². The van der Waals surface area contributed by atoms with Gasteiger partial charge in [0.15, 0.2) is 5.78 Å². The van der Waals surface area contributed by atoms with Gasteiger partial charge >= 0.3 is 0 Å². The van der Waals surface area contributed by atoms with Crippen LogP contribution in [0, 0.1) is 0 Å². The summed E-state index contributed by atoms with van der Waals surface area (Å²) in [5.74, 6) is 0.487. The number of Topliss-reactive ketones (excluding diaryl/α,β-unsaturated/α-hetero) is 1. The summed E-state index contributed by atoms with van der Waals surface area (Å²) in [4.78, 5) is 26.7. The zero-order valence-corrected chi connectivity index (χ0v) is 14.5. The summed E-state index contributed by atoms with van der Waals surface area (Å²) < 4.78 is 5.98. The van der Waals surface area contributed by atoms with E-state index in [0.29, 0.717) is 30.0 Å². The fraction of sp³-hybridized carbons (Fsp3) is 0.238. The van der Waals surface area contributed by atoms with E-state index in [9.17, 15) is 9.59 Å². The van der Waals surface area contributed by atoms with E-state index in [0.717, 1.165) is 11.1 Å². The van der Waals surface area contributed by atoms with Crippen molar-refractivity contribution in [2.75, 3.05) is 11.4 Å². The SMILES string of the molecule is C=C(C)CN1C(=O)C(c2ccccc2)Oc2ccc(C(=O)CC)cc21. The number of carbonyl (C=O) groups is 2. The third-order valence-electron chi connectivity index (χ3n) is 4.16. The van der Waals surface area contributed by atoms with Crippen LogP contribution in [0.4, 0.5) is 5.69 Å². The Kier molecular flexibility index (Phi) is 4.70. The number of nitrogens with zero attached hydrogens (tertiary/aromatic N) is 1. The largest absolute Gasteiger partial charge is 0.474 e. The molecule has 1 atom stereocenters. The monoisotopic (exact) mass is 335 g/mol. The van der Waals surface area contributed by atoms with Gasteiger partial charge in [0.05, 0.1) is 5.69 Å². The predicted octanol–water partition coefficient (Wildman–Crippen LogP) is 4.32. The molecule has 1 amide bonds. The fourth-order valence-corrected chi connectivity index (χ4v) is 2.91. The lowest BCUT2D eigenvalue weighted by Crippen LogP contribution is -2.42. The Hall–Kier alpha value is -2.88. The molecule has 1 unspecified atom stereocenters. The van der Waals surface area contributed by atoms with Gasteiger partial charge in [-0.3, -0.25) is 9.59 Å². The fourth-order valence-electron chi connectivity index (χ4n) is 2.91. The zero-order chi connectivity index (χ0) is 18.0. The second kappa shape index (κ2) is 6.93. The summed E-state index contributed by atoms with van der Waals surface area (Å²) in [5.41, 5.74) is 2.88. The van der Waals surface area contributed by atoms with Gasteiger partial charge in [-0.2, -0.15) is 0 Å². The van der Waals surface area contributed by atoms with Gasteiger partial charge in [0.2, 0.25) is 6.10 Å². The molecule has 25 heavy (non-hydrogen) atoms. The van der Waals surface area contributed by atoms with Crippen LogP contribution in [-0.2, 0) is 4.79 Å². The summed E-state index contributed by atoms with van der Waals surface area (Å²) in [6, 6.07) is 14.7. The van der Waals surface area contributed by atoms with E-state index in [1.807, 2.05) is 44.2 Å². The average Bonchev–Trinajstić information content (AvgIpc) is 2.63. The summed E-state index contributed by atoms with van der Waals surface area (Å²) in [6.07, 6.45) is -0.276. The minimum Gasteiger partial charge on any atom is -0.474 e. The topological polar surface area (TPSA) is 46.6 Å². The Morgan fingerprint density at radius 2 is 1.92 bits per heavy atom. The number of benzene rings is 2. The van der Waals surface area contributed by atoms with Crippen LogP contribution < -0.4 is 9.64 Å². The number of hydrogen-bond acceptors (Lipinski definition) is 3. The van der Waals surface area contributed by atoms with E-state index in [4.69, 9.17) is 4.74 Å². The molecule has 4 nitrogen and oxygen atoms in total. The van der Waals surface area contributed by atoms with Crippen LogP contribution in [0.25, 0.3) is 0 Å². The van der Waals surface area contributed by atoms with Crippen molar-refractivity contribution in [1.29, 1.82) is 0 Å². The van der Waals surface area contributed by atoms with Crippen molar-refractivity contribution in [3.05, 3.63) is 71.8 Å². The maximum atomic E-state index is 13.0. The molecule has 1 aliphatic rings. The number of carbonyl (C=O) groups excluding carboxylic acids is 2. The average molecular weight is 335 g/mol. The molecular formula is C21H21NO3. The lowest BCUT2D eigenvalue weighted by Gasteiger charge is -2.35. The van der Waals surface area contributed by atoms with Gasteiger partial charge in [0.25, 0.3) is 5.91 Å². The second-order valence-corrected chi connectivity index (χ2v) is 6.25. The number of rotatable bonds is 5. The van der Waals surface area contributed by atoms with E-state index >= 15 is 0 Å². The molecule has 0 aromatic heterocycles. The number of amides is 1. The smallest absolute Gasteiger partial charge is 0.273 e. The second-order valence-electron chi connectivity index (χ2n) is 6.25. The van der Waals surface area contributed by atoms with Crippen molar-refractivity contribution in [2.24, 2.45) is 0 Å². The van der Waals surface area contributed by atoms with Crippen molar-refractivity contribution in [2.45, 2.75) is 26.4 Å². The Morgan fingerprint density at radius 3 is 2.56 bits per heavy atom. The van der Waals surface area contributed by atoms with Crippen molar-refractivity contribution in [3.8, 4) is 5.75 Å². The lowest BCUT2D eigenvalue weighted by atomic mass is 10.0. The molecule has 4 heteroatoms. The summed E-state index contributed by atoms with van der Waals surface area (Å²) in [6.45, 7) is 8.01. The Morgan fingerprint density at radius 1 is 1.20 bits per heavy atom. The first-order chi connectivity index (χ1) is 12.0. The highest BCUT2D eigenvalue weighted by Gasteiger charge is 2.35. The van der Waals surface area contributed by atoms with Gasteiger partial charge in [-0.15, -0.1) is 0 Å². The molecular weight excluding hydrogens is 314 g/mol. The van der Waals surface area contributed by atoms with Gasteiger partial charge in [0, 0.05) is 24.1 Å². The van der Waals surface area contributed by atoms with Gasteiger partial charge < -0.3 is 9.64 Å². The van der Waals surface area contributed by atoms with E-state index in [2.05, 4.69) is 6.58 Å². The van der Waals surface area contributed by atoms with E-state index in [1.165, 1.54) is 0 Å². The Labute approximate surface area is 147 Å². The molecule has 0 saturated heterocycles.